The fourth-order valence-corrected chi connectivity index (χ4v) is 2.32. The van der Waals surface area contributed by atoms with Crippen LogP contribution in [-0.4, -0.2) is 35.1 Å². The highest BCUT2D eigenvalue weighted by atomic mass is 16.3. The molecule has 1 aliphatic rings. The van der Waals surface area contributed by atoms with E-state index in [2.05, 4.69) is 23.9 Å². The van der Waals surface area contributed by atoms with E-state index in [1.807, 2.05) is 19.1 Å². The lowest BCUT2D eigenvalue weighted by Gasteiger charge is -2.36. The van der Waals surface area contributed by atoms with Crippen molar-refractivity contribution in [2.75, 3.05) is 20.1 Å². The first kappa shape index (κ1) is 11.6. The largest absolute Gasteiger partial charge is 0.383 e. The average molecular weight is 220 g/mol. The van der Waals surface area contributed by atoms with Gasteiger partial charge in [0.25, 0.3) is 0 Å². The average Bonchev–Trinajstić information content (AvgIpc) is 2.21. The number of rotatable bonds is 1. The van der Waals surface area contributed by atoms with Crippen molar-refractivity contribution in [3.8, 4) is 0 Å². The second-order valence-electron chi connectivity index (χ2n) is 5.01. The van der Waals surface area contributed by atoms with Gasteiger partial charge in [0.15, 0.2) is 0 Å². The first-order chi connectivity index (χ1) is 7.49. The maximum atomic E-state index is 10.6. The van der Waals surface area contributed by atoms with E-state index in [-0.39, 0.29) is 0 Å². The number of aliphatic hydroxyl groups is 1. The van der Waals surface area contributed by atoms with Gasteiger partial charge in [-0.1, -0.05) is 0 Å². The maximum absolute atomic E-state index is 10.6. The number of hydrogen-bond acceptors (Lipinski definition) is 3. The Kier molecular flexibility index (Phi) is 3.00. The van der Waals surface area contributed by atoms with Gasteiger partial charge in [-0.05, 0) is 51.4 Å². The van der Waals surface area contributed by atoms with E-state index >= 15 is 0 Å². The van der Waals surface area contributed by atoms with Crippen LogP contribution in [0.5, 0.6) is 0 Å². The van der Waals surface area contributed by atoms with Gasteiger partial charge in [-0.2, -0.15) is 0 Å². The number of aryl methyl sites for hydroxylation is 2. The van der Waals surface area contributed by atoms with Crippen LogP contribution in [0.15, 0.2) is 12.1 Å². The number of pyridine rings is 1. The van der Waals surface area contributed by atoms with Crippen LogP contribution >= 0.6 is 0 Å². The summed E-state index contributed by atoms with van der Waals surface area (Å²) in [6.45, 7) is 5.90. The summed E-state index contributed by atoms with van der Waals surface area (Å²) in [4.78, 5) is 6.73. The van der Waals surface area contributed by atoms with Gasteiger partial charge >= 0.3 is 0 Å². The van der Waals surface area contributed by atoms with Crippen molar-refractivity contribution in [1.82, 2.24) is 9.88 Å². The molecule has 2 rings (SSSR count). The Morgan fingerprint density at radius 2 is 1.88 bits per heavy atom. The minimum Gasteiger partial charge on any atom is -0.383 e. The zero-order chi connectivity index (χ0) is 11.8. The fraction of sp³-hybridized carbons (Fsp3) is 0.615. The van der Waals surface area contributed by atoms with Gasteiger partial charge in [-0.25, -0.2) is 0 Å². The van der Waals surface area contributed by atoms with Crippen LogP contribution in [0.1, 0.15) is 29.8 Å². The molecule has 1 N–H and O–H groups in total. The molecule has 0 atom stereocenters. The molecule has 3 heteroatoms. The van der Waals surface area contributed by atoms with Crippen LogP contribution in [-0.2, 0) is 5.60 Å². The lowest BCUT2D eigenvalue weighted by molar-refractivity contribution is -0.0240. The molecule has 3 nitrogen and oxygen atoms in total. The molecular formula is C13H20N2O. The molecule has 0 aromatic carbocycles. The molecule has 1 saturated heterocycles. The summed E-state index contributed by atoms with van der Waals surface area (Å²) < 4.78 is 0. The van der Waals surface area contributed by atoms with Gasteiger partial charge in [0.05, 0.1) is 5.69 Å². The lowest BCUT2D eigenvalue weighted by Crippen LogP contribution is -2.41. The first-order valence-corrected chi connectivity index (χ1v) is 5.86. The van der Waals surface area contributed by atoms with Crippen LogP contribution in [0.2, 0.25) is 0 Å². The van der Waals surface area contributed by atoms with E-state index in [1.165, 1.54) is 5.56 Å². The molecule has 1 aliphatic heterocycles. The van der Waals surface area contributed by atoms with Gasteiger partial charge in [-0.3, -0.25) is 4.98 Å². The van der Waals surface area contributed by atoms with E-state index in [9.17, 15) is 5.11 Å². The molecule has 0 radical (unpaired) electrons. The van der Waals surface area contributed by atoms with Gasteiger partial charge in [0, 0.05) is 18.8 Å². The Labute approximate surface area is 97.1 Å². The van der Waals surface area contributed by atoms with Crippen LogP contribution in [0.25, 0.3) is 0 Å². The third-order valence-corrected chi connectivity index (χ3v) is 3.39. The third kappa shape index (κ3) is 2.25. The van der Waals surface area contributed by atoms with Crippen molar-refractivity contribution in [3.05, 3.63) is 29.1 Å². The summed E-state index contributed by atoms with van der Waals surface area (Å²) >= 11 is 0. The summed E-state index contributed by atoms with van der Waals surface area (Å²) in [5.74, 6) is 0. The van der Waals surface area contributed by atoms with Crippen molar-refractivity contribution in [1.29, 1.82) is 0 Å². The van der Waals surface area contributed by atoms with Crippen LogP contribution in [0.3, 0.4) is 0 Å². The minimum absolute atomic E-state index is 0.719. The normalized spacial score (nSPS) is 21.0. The third-order valence-electron chi connectivity index (χ3n) is 3.39. The maximum Gasteiger partial charge on any atom is 0.109 e. The smallest absolute Gasteiger partial charge is 0.109 e. The number of nitrogens with zero attached hydrogens (tertiary/aromatic N) is 2. The highest BCUT2D eigenvalue weighted by Crippen LogP contribution is 2.31. The molecule has 2 heterocycles. The predicted octanol–water partition coefficient (Wildman–Crippen LogP) is 1.61. The Morgan fingerprint density at radius 3 is 2.44 bits per heavy atom. The first-order valence-electron chi connectivity index (χ1n) is 5.86. The summed E-state index contributed by atoms with van der Waals surface area (Å²) in [6, 6.07) is 4.06. The fourth-order valence-electron chi connectivity index (χ4n) is 2.32. The minimum atomic E-state index is -0.719. The molecular weight excluding hydrogens is 200 g/mol. The number of likely N-dealkylation sites (tertiary alicyclic amines) is 1. The predicted molar refractivity (Wildman–Crippen MR) is 64.3 cm³/mol. The molecule has 0 amide bonds. The topological polar surface area (TPSA) is 36.4 Å². The summed E-state index contributed by atoms with van der Waals surface area (Å²) in [5.41, 5.74) is 2.29. The monoisotopic (exact) mass is 220 g/mol. The van der Waals surface area contributed by atoms with Crippen molar-refractivity contribution in [3.63, 3.8) is 0 Å². The van der Waals surface area contributed by atoms with Crippen LogP contribution < -0.4 is 0 Å². The molecule has 0 aliphatic carbocycles. The van der Waals surface area contributed by atoms with E-state index in [4.69, 9.17) is 0 Å². The molecule has 1 aromatic rings. The van der Waals surface area contributed by atoms with E-state index < -0.39 is 5.60 Å². The Balaban J connectivity index is 2.28. The molecule has 0 saturated carbocycles. The van der Waals surface area contributed by atoms with Crippen LogP contribution in [0.4, 0.5) is 0 Å². The molecule has 16 heavy (non-hydrogen) atoms. The second kappa shape index (κ2) is 4.15. The highest BCUT2D eigenvalue weighted by Gasteiger charge is 2.34. The Morgan fingerprint density at radius 1 is 1.25 bits per heavy atom. The second-order valence-corrected chi connectivity index (χ2v) is 5.01. The van der Waals surface area contributed by atoms with Gasteiger partial charge < -0.3 is 10.0 Å². The molecule has 1 aromatic heterocycles. The molecule has 0 bridgehead atoms. The zero-order valence-electron chi connectivity index (χ0n) is 10.3. The quantitative estimate of drug-likeness (QED) is 0.781. The Hall–Kier alpha value is -0.930. The summed E-state index contributed by atoms with van der Waals surface area (Å²) in [5, 5.41) is 10.6. The standard InChI is InChI=1S/C13H20N2O/c1-10-8-11(2)14-12(9-10)13(16)4-6-15(3)7-5-13/h8-9,16H,4-7H2,1-3H3. The van der Waals surface area contributed by atoms with Gasteiger partial charge in [0.1, 0.15) is 5.60 Å². The van der Waals surface area contributed by atoms with Gasteiger partial charge in [0.2, 0.25) is 0 Å². The number of aromatic nitrogens is 1. The SMILES string of the molecule is Cc1cc(C)nc(C2(O)CCN(C)CC2)c1. The molecule has 1 fully saturated rings. The van der Waals surface area contributed by atoms with Crippen molar-refractivity contribution >= 4 is 0 Å². The van der Waals surface area contributed by atoms with Crippen molar-refractivity contribution in [2.24, 2.45) is 0 Å². The van der Waals surface area contributed by atoms with Gasteiger partial charge in [-0.15, -0.1) is 0 Å². The molecule has 88 valence electrons. The lowest BCUT2D eigenvalue weighted by atomic mass is 9.87. The van der Waals surface area contributed by atoms with Crippen molar-refractivity contribution in [2.45, 2.75) is 32.3 Å². The number of piperidine rings is 1. The summed E-state index contributed by atoms with van der Waals surface area (Å²) in [7, 11) is 2.09. The van der Waals surface area contributed by atoms with E-state index in [0.29, 0.717) is 0 Å². The number of hydrogen-bond donors (Lipinski definition) is 1. The Bertz CT molecular complexity index is 361. The van der Waals surface area contributed by atoms with Crippen LogP contribution in [0, 0.1) is 13.8 Å². The molecule has 0 unspecified atom stereocenters. The zero-order valence-corrected chi connectivity index (χ0v) is 10.3. The highest BCUT2D eigenvalue weighted by molar-refractivity contribution is 5.24. The van der Waals surface area contributed by atoms with E-state index in [1.54, 1.807) is 0 Å². The summed E-state index contributed by atoms with van der Waals surface area (Å²) in [6.07, 6.45) is 1.55. The van der Waals surface area contributed by atoms with Crippen molar-refractivity contribution < 1.29 is 5.11 Å². The van der Waals surface area contributed by atoms with E-state index in [0.717, 1.165) is 37.3 Å². The molecule has 0 spiro atoms.